The predicted octanol–water partition coefficient (Wildman–Crippen LogP) is 7.09. The third-order valence-corrected chi connectivity index (χ3v) is 7.98. The number of carbonyl (C=O) groups excluding carboxylic acids is 1. The van der Waals surface area contributed by atoms with Crippen LogP contribution in [-0.2, 0) is 10.2 Å². The van der Waals surface area contributed by atoms with Crippen LogP contribution in [0.2, 0.25) is 0 Å². The van der Waals surface area contributed by atoms with Gasteiger partial charge in [-0.15, -0.1) is 9.89 Å². The van der Waals surface area contributed by atoms with Gasteiger partial charge in [0, 0.05) is 29.0 Å². The summed E-state index contributed by atoms with van der Waals surface area (Å²) in [6.45, 7) is 22.2. The van der Waals surface area contributed by atoms with Crippen LogP contribution in [0.25, 0.3) is 0 Å². The molecule has 1 aromatic heterocycles. The van der Waals surface area contributed by atoms with E-state index in [9.17, 15) is 4.79 Å². The van der Waals surface area contributed by atoms with Crippen LogP contribution in [0.3, 0.4) is 0 Å². The molecule has 1 atom stereocenters. The maximum atomic E-state index is 12.5. The van der Waals surface area contributed by atoms with Crippen LogP contribution in [0.1, 0.15) is 98.8 Å². The number of ether oxygens (including phenoxy) is 1. The standard InChI is InChI=1S/C34H45N7O2/c1-21-20-34(9,10)40(16-17-43-23-14-12-11-13-15-23)27-19-26(35-22(2)42)25(18-24(21)27)36-28-29(32(3,4)5)38-41-30(28)37-31(39-41)33(6,7)8/h11-15,18-19,21H,16-17,20H2,1-10H3,(H,35,42)/b36-28-. The van der Waals surface area contributed by atoms with Crippen molar-refractivity contribution < 1.29 is 9.53 Å². The quantitative estimate of drug-likeness (QED) is 0.334. The Kier molecular flexibility index (Phi) is 7.73. The lowest BCUT2D eigenvalue weighted by Gasteiger charge is -2.47. The molecule has 2 aliphatic heterocycles. The zero-order chi connectivity index (χ0) is 31.3. The lowest BCUT2D eigenvalue weighted by atomic mass is 9.79. The van der Waals surface area contributed by atoms with Gasteiger partial charge in [-0.1, -0.05) is 66.7 Å². The number of hydrogen-bond donors (Lipinski definition) is 1. The van der Waals surface area contributed by atoms with Crippen molar-refractivity contribution in [2.24, 2.45) is 15.5 Å². The van der Waals surface area contributed by atoms with E-state index in [1.807, 2.05) is 30.3 Å². The van der Waals surface area contributed by atoms with Gasteiger partial charge in [0.05, 0.1) is 23.6 Å². The van der Waals surface area contributed by atoms with Crippen molar-refractivity contribution in [1.82, 2.24) is 14.9 Å². The van der Waals surface area contributed by atoms with Crippen molar-refractivity contribution in [2.75, 3.05) is 23.4 Å². The first kappa shape index (κ1) is 30.4. The minimum absolute atomic E-state index is 0.106. The second-order valence-electron chi connectivity index (χ2n) is 14.4. The van der Waals surface area contributed by atoms with Crippen molar-refractivity contribution >= 4 is 34.4 Å². The van der Waals surface area contributed by atoms with E-state index in [1.165, 1.54) is 12.5 Å². The molecule has 9 heteroatoms. The Morgan fingerprint density at radius 3 is 2.42 bits per heavy atom. The van der Waals surface area contributed by atoms with Gasteiger partial charge in [0.1, 0.15) is 18.1 Å². The van der Waals surface area contributed by atoms with Gasteiger partial charge in [-0.05, 0) is 56.0 Å². The van der Waals surface area contributed by atoms with E-state index < -0.39 is 0 Å². The van der Waals surface area contributed by atoms with E-state index in [1.54, 1.807) is 4.79 Å². The molecule has 0 bridgehead atoms. The van der Waals surface area contributed by atoms with Gasteiger partial charge in [0.15, 0.2) is 5.82 Å². The number of benzene rings is 2. The van der Waals surface area contributed by atoms with Crippen molar-refractivity contribution in [2.45, 2.75) is 92.5 Å². The van der Waals surface area contributed by atoms with Gasteiger partial charge in [-0.2, -0.15) is 5.10 Å². The monoisotopic (exact) mass is 583 g/mol. The molecule has 228 valence electrons. The third kappa shape index (κ3) is 6.21. The van der Waals surface area contributed by atoms with Crippen LogP contribution >= 0.6 is 0 Å². The molecule has 0 radical (unpaired) electrons. The summed E-state index contributed by atoms with van der Waals surface area (Å²) in [6, 6.07) is 14.1. The van der Waals surface area contributed by atoms with Crippen LogP contribution < -0.4 is 15.0 Å². The van der Waals surface area contributed by atoms with E-state index in [-0.39, 0.29) is 28.2 Å². The molecule has 1 amide bonds. The summed E-state index contributed by atoms with van der Waals surface area (Å²) in [4.78, 5) is 26.6. The average molecular weight is 584 g/mol. The number of para-hydroxylation sites is 1. The Morgan fingerprint density at radius 2 is 1.79 bits per heavy atom. The Bertz CT molecular complexity index is 1590. The van der Waals surface area contributed by atoms with Crippen LogP contribution in [0.4, 0.5) is 17.1 Å². The van der Waals surface area contributed by atoms with E-state index in [0.29, 0.717) is 41.9 Å². The number of hydrogen-bond acceptors (Lipinski definition) is 7. The highest BCUT2D eigenvalue weighted by Gasteiger charge is 2.39. The minimum atomic E-state index is -0.293. The number of fused-ring (bicyclic) bond motifs is 2. The molecule has 0 aliphatic carbocycles. The van der Waals surface area contributed by atoms with Crippen LogP contribution in [0, 0.1) is 5.41 Å². The molecule has 0 saturated heterocycles. The van der Waals surface area contributed by atoms with E-state index in [0.717, 1.165) is 23.6 Å². The lowest BCUT2D eigenvalue weighted by Crippen LogP contribution is -2.50. The molecular weight excluding hydrogens is 538 g/mol. The molecule has 0 spiro atoms. The fourth-order valence-electron chi connectivity index (χ4n) is 5.91. The third-order valence-electron chi connectivity index (χ3n) is 7.98. The van der Waals surface area contributed by atoms with Crippen molar-refractivity contribution in [3.8, 4) is 5.75 Å². The second kappa shape index (κ2) is 10.9. The average Bonchev–Trinajstić information content (AvgIpc) is 3.46. The zero-order valence-corrected chi connectivity index (χ0v) is 27.2. The highest BCUT2D eigenvalue weighted by molar-refractivity contribution is 6.50. The van der Waals surface area contributed by atoms with Gasteiger partial charge in [0.25, 0.3) is 0 Å². The largest absolute Gasteiger partial charge is 0.492 e. The molecule has 1 N–H and O–H groups in total. The molecule has 1 unspecified atom stereocenters. The Balaban J connectivity index is 1.60. The molecule has 3 heterocycles. The molecule has 2 aromatic carbocycles. The Morgan fingerprint density at radius 1 is 1.09 bits per heavy atom. The maximum Gasteiger partial charge on any atom is 0.221 e. The van der Waals surface area contributed by atoms with Crippen LogP contribution in [0.5, 0.6) is 5.75 Å². The number of carbonyl (C=O) groups is 1. The maximum absolute atomic E-state index is 12.5. The second-order valence-corrected chi connectivity index (χ2v) is 14.4. The number of nitrogens with one attached hydrogen (secondary N) is 1. The molecule has 5 rings (SSSR count). The summed E-state index contributed by atoms with van der Waals surface area (Å²) in [5.74, 6) is 2.32. The van der Waals surface area contributed by atoms with Crippen molar-refractivity contribution in [1.29, 1.82) is 0 Å². The highest BCUT2D eigenvalue weighted by atomic mass is 16.5. The molecule has 0 fully saturated rings. The number of amides is 1. The van der Waals surface area contributed by atoms with Crippen molar-refractivity contribution in [3.05, 3.63) is 59.7 Å². The first-order valence-electron chi connectivity index (χ1n) is 15.1. The SMILES string of the molecule is CC(=O)Nc1cc2c(cc1/N=C1/C(C(C)(C)C)=Nn3nc(C(C)(C)C)nc31)C(C)CC(C)(C)N2CCOc1ccccc1. The highest BCUT2D eigenvalue weighted by Crippen LogP contribution is 2.47. The molecular formula is C34H45N7O2. The summed E-state index contributed by atoms with van der Waals surface area (Å²) in [6.07, 6.45) is 0.971. The Labute approximate surface area is 255 Å². The van der Waals surface area contributed by atoms with Crippen LogP contribution in [0.15, 0.2) is 52.6 Å². The molecule has 43 heavy (non-hydrogen) atoms. The van der Waals surface area contributed by atoms with Gasteiger partial charge in [-0.3, -0.25) is 4.79 Å². The molecule has 3 aromatic rings. The summed E-state index contributed by atoms with van der Waals surface area (Å²) in [5.41, 5.74) is 4.47. The molecule has 2 aliphatic rings. The topological polar surface area (TPSA) is 97.0 Å². The minimum Gasteiger partial charge on any atom is -0.492 e. The number of aromatic nitrogens is 3. The fourth-order valence-corrected chi connectivity index (χ4v) is 5.91. The van der Waals surface area contributed by atoms with Crippen LogP contribution in [-0.4, -0.2) is 50.9 Å². The smallest absolute Gasteiger partial charge is 0.221 e. The van der Waals surface area contributed by atoms with Gasteiger partial charge >= 0.3 is 0 Å². The Hall–Kier alpha value is -4.01. The van der Waals surface area contributed by atoms with Gasteiger partial charge in [0.2, 0.25) is 11.7 Å². The van der Waals surface area contributed by atoms with Crippen molar-refractivity contribution in [3.63, 3.8) is 0 Å². The summed E-state index contributed by atoms with van der Waals surface area (Å²) in [7, 11) is 0. The number of aliphatic imine (C=N–C) groups is 1. The zero-order valence-electron chi connectivity index (χ0n) is 27.2. The summed E-state index contributed by atoms with van der Waals surface area (Å²) >= 11 is 0. The fraction of sp³-hybridized carbons (Fsp3) is 0.500. The summed E-state index contributed by atoms with van der Waals surface area (Å²) in [5, 5.41) is 12.6. The summed E-state index contributed by atoms with van der Waals surface area (Å²) < 4.78 is 6.09. The lowest BCUT2D eigenvalue weighted by molar-refractivity contribution is -0.114. The first-order valence-corrected chi connectivity index (χ1v) is 15.1. The van der Waals surface area contributed by atoms with E-state index >= 15 is 0 Å². The van der Waals surface area contributed by atoms with Gasteiger partial charge < -0.3 is 15.0 Å². The first-order chi connectivity index (χ1) is 20.0. The molecule has 9 nitrogen and oxygen atoms in total. The number of anilines is 2. The van der Waals surface area contributed by atoms with Gasteiger partial charge in [-0.25, -0.2) is 9.98 Å². The van der Waals surface area contributed by atoms with E-state index in [4.69, 9.17) is 24.9 Å². The normalized spacial score (nSPS) is 18.7. The molecule has 0 saturated carbocycles. The number of nitrogens with zero attached hydrogens (tertiary/aromatic N) is 6. The predicted molar refractivity (Wildman–Crippen MR) is 174 cm³/mol. The van der Waals surface area contributed by atoms with E-state index in [2.05, 4.69) is 84.7 Å². The number of rotatable bonds is 6.